The van der Waals surface area contributed by atoms with Gasteiger partial charge in [0, 0.05) is 11.8 Å². The summed E-state index contributed by atoms with van der Waals surface area (Å²) in [6.45, 7) is 4.29. The highest BCUT2D eigenvalue weighted by molar-refractivity contribution is 6.05. The summed E-state index contributed by atoms with van der Waals surface area (Å²) in [5.41, 5.74) is 2.16. The molecule has 0 aliphatic rings. The molecule has 2 rings (SSSR count). The van der Waals surface area contributed by atoms with E-state index in [1.807, 2.05) is 32.0 Å². The maximum Gasteiger partial charge on any atom is 0.256 e. The quantitative estimate of drug-likeness (QED) is 0.914. The Morgan fingerprint density at radius 2 is 2.05 bits per heavy atom. The lowest BCUT2D eigenvalue weighted by Gasteiger charge is -2.11. The van der Waals surface area contributed by atoms with Crippen LogP contribution in [0.2, 0.25) is 0 Å². The van der Waals surface area contributed by atoms with Crippen LogP contribution in [0.15, 0.2) is 42.6 Å². The molecular formula is C15H16N2O2. The Morgan fingerprint density at radius 1 is 1.26 bits per heavy atom. The van der Waals surface area contributed by atoms with Crippen LogP contribution in [0.5, 0.6) is 5.88 Å². The van der Waals surface area contributed by atoms with Gasteiger partial charge in [-0.1, -0.05) is 18.2 Å². The monoisotopic (exact) mass is 256 g/mol. The van der Waals surface area contributed by atoms with E-state index in [0.29, 0.717) is 23.7 Å². The number of anilines is 1. The molecule has 4 heteroatoms. The molecule has 1 aromatic carbocycles. The summed E-state index contributed by atoms with van der Waals surface area (Å²) in [5.74, 6) is 0.277. The molecule has 2 aromatic rings. The van der Waals surface area contributed by atoms with Gasteiger partial charge in [-0.25, -0.2) is 4.98 Å². The number of ether oxygens (including phenoxy) is 1. The first kappa shape index (κ1) is 13.1. The molecule has 0 radical (unpaired) electrons. The molecule has 1 aromatic heterocycles. The average Bonchev–Trinajstić information content (AvgIpc) is 2.41. The minimum Gasteiger partial charge on any atom is -0.476 e. The van der Waals surface area contributed by atoms with Crippen molar-refractivity contribution in [2.75, 3.05) is 11.9 Å². The van der Waals surface area contributed by atoms with Crippen molar-refractivity contribution in [3.63, 3.8) is 0 Å². The fourth-order valence-corrected chi connectivity index (χ4v) is 1.76. The molecule has 0 saturated carbocycles. The second-order valence-electron chi connectivity index (χ2n) is 4.06. The fraction of sp³-hybridized carbons (Fsp3) is 0.200. The van der Waals surface area contributed by atoms with Gasteiger partial charge in [0.1, 0.15) is 5.69 Å². The summed E-state index contributed by atoms with van der Waals surface area (Å²) in [5, 5.41) is 2.83. The highest BCUT2D eigenvalue weighted by atomic mass is 16.5. The maximum absolute atomic E-state index is 12.2. The molecule has 0 unspecified atom stereocenters. The summed E-state index contributed by atoms with van der Waals surface area (Å²) in [6, 6.07) is 11.0. The van der Waals surface area contributed by atoms with Gasteiger partial charge in [-0.2, -0.15) is 0 Å². The van der Waals surface area contributed by atoms with Gasteiger partial charge in [-0.05, 0) is 37.6 Å². The Hall–Kier alpha value is -2.36. The van der Waals surface area contributed by atoms with Crippen LogP contribution in [0.1, 0.15) is 22.8 Å². The number of carbonyl (C=O) groups is 1. The van der Waals surface area contributed by atoms with E-state index in [0.717, 1.165) is 5.56 Å². The van der Waals surface area contributed by atoms with Crippen molar-refractivity contribution in [2.24, 2.45) is 0 Å². The van der Waals surface area contributed by atoms with Crippen LogP contribution < -0.4 is 10.1 Å². The number of aromatic nitrogens is 1. The normalized spacial score (nSPS) is 10.0. The predicted octanol–water partition coefficient (Wildman–Crippen LogP) is 3.04. The molecule has 0 atom stereocenters. The van der Waals surface area contributed by atoms with Crippen LogP contribution in [0, 0.1) is 6.92 Å². The Labute approximate surface area is 112 Å². The van der Waals surface area contributed by atoms with Crippen molar-refractivity contribution >= 4 is 11.6 Å². The number of amides is 1. The highest BCUT2D eigenvalue weighted by Crippen LogP contribution is 2.21. The molecule has 0 aliphatic carbocycles. The van der Waals surface area contributed by atoms with Gasteiger partial charge in [-0.15, -0.1) is 0 Å². The number of benzene rings is 1. The molecule has 0 fully saturated rings. The van der Waals surface area contributed by atoms with E-state index in [4.69, 9.17) is 4.74 Å². The first-order chi connectivity index (χ1) is 9.22. The first-order valence-electron chi connectivity index (χ1n) is 6.17. The van der Waals surface area contributed by atoms with Gasteiger partial charge < -0.3 is 10.1 Å². The SMILES string of the molecule is CCOc1ncccc1NC(=O)c1ccccc1C. The van der Waals surface area contributed by atoms with E-state index in [2.05, 4.69) is 10.3 Å². The van der Waals surface area contributed by atoms with E-state index in [9.17, 15) is 4.79 Å². The van der Waals surface area contributed by atoms with Crippen molar-refractivity contribution in [3.8, 4) is 5.88 Å². The zero-order valence-electron chi connectivity index (χ0n) is 11.0. The molecule has 1 heterocycles. The van der Waals surface area contributed by atoms with E-state index >= 15 is 0 Å². The van der Waals surface area contributed by atoms with Crippen LogP contribution in [0.4, 0.5) is 5.69 Å². The molecule has 1 amide bonds. The molecule has 19 heavy (non-hydrogen) atoms. The lowest BCUT2D eigenvalue weighted by atomic mass is 10.1. The van der Waals surface area contributed by atoms with Crippen LogP contribution in [-0.4, -0.2) is 17.5 Å². The number of carbonyl (C=O) groups excluding carboxylic acids is 1. The minimum atomic E-state index is -0.160. The molecule has 0 bridgehead atoms. The second-order valence-corrected chi connectivity index (χ2v) is 4.06. The van der Waals surface area contributed by atoms with Gasteiger partial charge >= 0.3 is 0 Å². The Balaban J connectivity index is 2.22. The number of pyridine rings is 1. The molecular weight excluding hydrogens is 240 g/mol. The lowest BCUT2D eigenvalue weighted by molar-refractivity contribution is 0.102. The zero-order valence-corrected chi connectivity index (χ0v) is 11.0. The number of hydrogen-bond donors (Lipinski definition) is 1. The van der Waals surface area contributed by atoms with Crippen molar-refractivity contribution in [1.82, 2.24) is 4.98 Å². The molecule has 4 nitrogen and oxygen atoms in total. The third-order valence-electron chi connectivity index (χ3n) is 2.69. The van der Waals surface area contributed by atoms with Crippen LogP contribution in [-0.2, 0) is 0 Å². The Kier molecular flexibility index (Phi) is 4.13. The van der Waals surface area contributed by atoms with Gasteiger partial charge in [0.05, 0.1) is 6.61 Å². The van der Waals surface area contributed by atoms with E-state index in [1.54, 1.807) is 24.4 Å². The van der Waals surface area contributed by atoms with Gasteiger partial charge in [0.15, 0.2) is 0 Å². The molecule has 0 spiro atoms. The number of nitrogens with zero attached hydrogens (tertiary/aromatic N) is 1. The van der Waals surface area contributed by atoms with Crippen LogP contribution in [0.25, 0.3) is 0 Å². The van der Waals surface area contributed by atoms with Crippen molar-refractivity contribution in [1.29, 1.82) is 0 Å². The molecule has 98 valence electrons. The van der Waals surface area contributed by atoms with E-state index in [-0.39, 0.29) is 5.91 Å². The largest absolute Gasteiger partial charge is 0.476 e. The summed E-state index contributed by atoms with van der Waals surface area (Å²) in [4.78, 5) is 16.3. The number of rotatable bonds is 4. The second kappa shape index (κ2) is 6.00. The third-order valence-corrected chi connectivity index (χ3v) is 2.69. The summed E-state index contributed by atoms with van der Waals surface area (Å²) in [6.07, 6.45) is 1.63. The van der Waals surface area contributed by atoms with Gasteiger partial charge in [0.2, 0.25) is 5.88 Å². The number of hydrogen-bond acceptors (Lipinski definition) is 3. The zero-order chi connectivity index (χ0) is 13.7. The summed E-state index contributed by atoms with van der Waals surface area (Å²) >= 11 is 0. The van der Waals surface area contributed by atoms with Crippen molar-refractivity contribution in [3.05, 3.63) is 53.7 Å². The average molecular weight is 256 g/mol. The topological polar surface area (TPSA) is 51.2 Å². The fourth-order valence-electron chi connectivity index (χ4n) is 1.76. The number of nitrogens with one attached hydrogen (secondary N) is 1. The Bertz CT molecular complexity index is 582. The van der Waals surface area contributed by atoms with Crippen molar-refractivity contribution < 1.29 is 9.53 Å². The standard InChI is InChI=1S/C15H16N2O2/c1-3-19-15-13(9-6-10-16-15)17-14(18)12-8-5-4-7-11(12)2/h4-10H,3H2,1-2H3,(H,17,18). The minimum absolute atomic E-state index is 0.160. The lowest BCUT2D eigenvalue weighted by Crippen LogP contribution is -2.14. The van der Waals surface area contributed by atoms with Crippen molar-refractivity contribution in [2.45, 2.75) is 13.8 Å². The molecule has 0 aliphatic heterocycles. The van der Waals surface area contributed by atoms with Crippen LogP contribution >= 0.6 is 0 Å². The van der Waals surface area contributed by atoms with E-state index in [1.165, 1.54) is 0 Å². The Morgan fingerprint density at radius 3 is 2.79 bits per heavy atom. The maximum atomic E-state index is 12.2. The smallest absolute Gasteiger partial charge is 0.256 e. The van der Waals surface area contributed by atoms with Crippen LogP contribution in [0.3, 0.4) is 0 Å². The predicted molar refractivity (Wildman–Crippen MR) is 74.5 cm³/mol. The summed E-state index contributed by atoms with van der Waals surface area (Å²) in [7, 11) is 0. The van der Waals surface area contributed by atoms with E-state index < -0.39 is 0 Å². The summed E-state index contributed by atoms with van der Waals surface area (Å²) < 4.78 is 5.38. The molecule has 0 saturated heterocycles. The third kappa shape index (κ3) is 3.10. The number of aryl methyl sites for hydroxylation is 1. The molecule has 1 N–H and O–H groups in total. The van der Waals surface area contributed by atoms with Gasteiger partial charge in [0.25, 0.3) is 5.91 Å². The highest BCUT2D eigenvalue weighted by Gasteiger charge is 2.11. The van der Waals surface area contributed by atoms with Gasteiger partial charge in [-0.3, -0.25) is 4.79 Å². The first-order valence-corrected chi connectivity index (χ1v) is 6.17.